The molecule has 2 heterocycles. The molecule has 0 saturated heterocycles. The first kappa shape index (κ1) is 20.3. The van der Waals surface area contributed by atoms with Gasteiger partial charge in [-0.1, -0.05) is 23.7 Å². The molecule has 31 heavy (non-hydrogen) atoms. The predicted octanol–water partition coefficient (Wildman–Crippen LogP) is 5.58. The fraction of sp³-hybridized carbons (Fsp3) is 0.0833. The van der Waals surface area contributed by atoms with Gasteiger partial charge in [0, 0.05) is 40.1 Å². The number of anilines is 2. The quantitative estimate of drug-likeness (QED) is 0.433. The van der Waals surface area contributed by atoms with Crippen LogP contribution in [0.15, 0.2) is 73.1 Å². The van der Waals surface area contributed by atoms with Gasteiger partial charge in [0.05, 0.1) is 17.1 Å². The van der Waals surface area contributed by atoms with E-state index in [9.17, 15) is 10.1 Å². The Bertz CT molecular complexity index is 1280. The monoisotopic (exact) mass is 427 g/mol. The number of benzene rings is 2. The zero-order valence-electron chi connectivity index (χ0n) is 16.6. The van der Waals surface area contributed by atoms with Gasteiger partial charge >= 0.3 is 0 Å². The second-order valence-electron chi connectivity index (χ2n) is 7.01. The Labute approximate surface area is 184 Å². The summed E-state index contributed by atoms with van der Waals surface area (Å²) >= 11 is 6.05. The van der Waals surface area contributed by atoms with Crippen LogP contribution in [0.5, 0.6) is 0 Å². The average molecular weight is 428 g/mol. The minimum atomic E-state index is -0.189. The third kappa shape index (κ3) is 4.63. The number of fused-ring (bicyclic) bond motifs is 1. The zero-order chi connectivity index (χ0) is 21.8. The molecule has 2 N–H and O–H groups in total. The van der Waals surface area contributed by atoms with Crippen LogP contribution >= 0.6 is 11.6 Å². The molecule has 0 spiro atoms. The van der Waals surface area contributed by atoms with E-state index in [0.29, 0.717) is 33.2 Å². The van der Waals surface area contributed by atoms with E-state index < -0.39 is 0 Å². The van der Waals surface area contributed by atoms with E-state index in [2.05, 4.69) is 26.7 Å². The summed E-state index contributed by atoms with van der Waals surface area (Å²) in [6.45, 7) is 2.00. The van der Waals surface area contributed by atoms with E-state index in [-0.39, 0.29) is 11.9 Å². The van der Waals surface area contributed by atoms with Crippen molar-refractivity contribution in [3.05, 3.63) is 94.8 Å². The summed E-state index contributed by atoms with van der Waals surface area (Å²) in [5.74, 6) is 0.416. The van der Waals surface area contributed by atoms with Crippen LogP contribution in [0.25, 0.3) is 10.9 Å². The van der Waals surface area contributed by atoms with Crippen molar-refractivity contribution in [1.29, 1.82) is 5.26 Å². The van der Waals surface area contributed by atoms with E-state index in [1.807, 2.05) is 31.2 Å². The molecule has 0 bridgehead atoms. The molecule has 0 radical (unpaired) electrons. The molecule has 0 aliphatic carbocycles. The topological polar surface area (TPSA) is 90.7 Å². The van der Waals surface area contributed by atoms with Crippen molar-refractivity contribution < 1.29 is 4.79 Å². The van der Waals surface area contributed by atoms with Crippen molar-refractivity contribution in [3.8, 4) is 6.07 Å². The molecule has 2 aromatic heterocycles. The van der Waals surface area contributed by atoms with E-state index in [0.717, 1.165) is 10.9 Å². The number of rotatable bonds is 5. The van der Waals surface area contributed by atoms with Gasteiger partial charge in [-0.25, -0.2) is 4.98 Å². The number of carbonyl (C=O) groups excluding carboxylic acids is 1. The molecule has 4 aromatic rings. The number of nitrogens with zero attached hydrogens (tertiary/aromatic N) is 3. The van der Waals surface area contributed by atoms with Gasteiger partial charge < -0.3 is 10.6 Å². The lowest BCUT2D eigenvalue weighted by Gasteiger charge is -2.16. The van der Waals surface area contributed by atoms with Crippen LogP contribution in [0.2, 0.25) is 5.02 Å². The SMILES string of the molecule is CC(Nc1cc(C#N)c2cc(Cl)ccc2n1)c1ccc(NC(=O)c2ccncc2)cc1. The van der Waals surface area contributed by atoms with Gasteiger partial charge in [0.2, 0.25) is 0 Å². The van der Waals surface area contributed by atoms with Gasteiger partial charge in [-0.2, -0.15) is 5.26 Å². The normalized spacial score (nSPS) is 11.5. The lowest BCUT2D eigenvalue weighted by Crippen LogP contribution is -2.12. The zero-order valence-corrected chi connectivity index (χ0v) is 17.4. The van der Waals surface area contributed by atoms with Gasteiger partial charge in [0.1, 0.15) is 5.82 Å². The van der Waals surface area contributed by atoms with Crippen molar-refractivity contribution in [2.24, 2.45) is 0 Å². The molecule has 1 amide bonds. The maximum Gasteiger partial charge on any atom is 0.255 e. The number of hydrogen-bond acceptors (Lipinski definition) is 5. The summed E-state index contributed by atoms with van der Waals surface area (Å²) in [5.41, 5.74) is 3.47. The molecule has 0 fully saturated rings. The smallest absolute Gasteiger partial charge is 0.255 e. The van der Waals surface area contributed by atoms with E-state index in [1.165, 1.54) is 0 Å². The van der Waals surface area contributed by atoms with Gasteiger partial charge in [-0.05, 0) is 61.0 Å². The number of pyridine rings is 2. The highest BCUT2D eigenvalue weighted by molar-refractivity contribution is 6.31. The highest BCUT2D eigenvalue weighted by Crippen LogP contribution is 2.26. The summed E-state index contributed by atoms with van der Waals surface area (Å²) in [6, 6.07) is 20.1. The Morgan fingerprint density at radius 3 is 2.52 bits per heavy atom. The number of amides is 1. The van der Waals surface area contributed by atoms with Gasteiger partial charge in [-0.3, -0.25) is 9.78 Å². The van der Waals surface area contributed by atoms with Crippen molar-refractivity contribution >= 4 is 39.9 Å². The summed E-state index contributed by atoms with van der Waals surface area (Å²) in [4.78, 5) is 20.8. The third-order valence-electron chi connectivity index (χ3n) is 4.87. The molecule has 1 unspecified atom stereocenters. The Hall–Kier alpha value is -3.95. The molecular formula is C24H18ClN5O. The molecule has 2 aromatic carbocycles. The fourth-order valence-electron chi connectivity index (χ4n) is 3.23. The van der Waals surface area contributed by atoms with Crippen LogP contribution < -0.4 is 10.6 Å². The largest absolute Gasteiger partial charge is 0.363 e. The molecule has 0 saturated carbocycles. The second-order valence-corrected chi connectivity index (χ2v) is 7.44. The van der Waals surface area contributed by atoms with Crippen LogP contribution in [-0.4, -0.2) is 15.9 Å². The van der Waals surface area contributed by atoms with Gasteiger partial charge in [0.25, 0.3) is 5.91 Å². The summed E-state index contributed by atoms with van der Waals surface area (Å²) in [7, 11) is 0. The number of aromatic nitrogens is 2. The van der Waals surface area contributed by atoms with Crippen LogP contribution in [-0.2, 0) is 0 Å². The number of halogens is 1. The predicted molar refractivity (Wildman–Crippen MR) is 122 cm³/mol. The average Bonchev–Trinajstić information content (AvgIpc) is 2.79. The Morgan fingerprint density at radius 2 is 1.81 bits per heavy atom. The molecule has 7 heteroatoms. The number of nitrogens with one attached hydrogen (secondary N) is 2. The first-order valence-electron chi connectivity index (χ1n) is 9.62. The number of carbonyl (C=O) groups is 1. The maximum absolute atomic E-state index is 12.3. The number of hydrogen-bond donors (Lipinski definition) is 2. The number of nitriles is 1. The van der Waals surface area contributed by atoms with Crippen LogP contribution in [0, 0.1) is 11.3 Å². The Morgan fingerprint density at radius 1 is 1.06 bits per heavy atom. The fourth-order valence-corrected chi connectivity index (χ4v) is 3.40. The second kappa shape index (κ2) is 8.82. The van der Waals surface area contributed by atoms with Crippen molar-refractivity contribution in [1.82, 2.24) is 9.97 Å². The van der Waals surface area contributed by atoms with Crippen LogP contribution in [0.1, 0.15) is 34.5 Å². The molecule has 6 nitrogen and oxygen atoms in total. The van der Waals surface area contributed by atoms with Crippen molar-refractivity contribution in [2.45, 2.75) is 13.0 Å². The lowest BCUT2D eigenvalue weighted by molar-refractivity contribution is 0.102. The Balaban J connectivity index is 1.49. The Kier molecular flexibility index (Phi) is 5.78. The lowest BCUT2D eigenvalue weighted by atomic mass is 10.1. The molecular weight excluding hydrogens is 410 g/mol. The van der Waals surface area contributed by atoms with Crippen molar-refractivity contribution in [3.63, 3.8) is 0 Å². The molecule has 152 valence electrons. The summed E-state index contributed by atoms with van der Waals surface area (Å²) in [5, 5.41) is 17.0. The molecule has 0 aliphatic heterocycles. The van der Waals surface area contributed by atoms with Crippen LogP contribution in [0.4, 0.5) is 11.5 Å². The van der Waals surface area contributed by atoms with Gasteiger partial charge in [-0.15, -0.1) is 0 Å². The van der Waals surface area contributed by atoms with Crippen LogP contribution in [0.3, 0.4) is 0 Å². The van der Waals surface area contributed by atoms with E-state index in [1.54, 1.807) is 48.8 Å². The maximum atomic E-state index is 12.3. The molecule has 1 atom stereocenters. The third-order valence-corrected chi connectivity index (χ3v) is 5.10. The highest BCUT2D eigenvalue weighted by atomic mass is 35.5. The first-order valence-corrected chi connectivity index (χ1v) is 9.99. The van der Waals surface area contributed by atoms with E-state index in [4.69, 9.17) is 11.6 Å². The van der Waals surface area contributed by atoms with E-state index >= 15 is 0 Å². The standard InChI is InChI=1S/C24H18ClN5O/c1-15(28-23-12-18(14-26)21-13-19(25)4-7-22(21)30-23)16-2-5-20(6-3-16)29-24(31)17-8-10-27-11-9-17/h2-13,15H,1H3,(H,28,30)(H,29,31). The van der Waals surface area contributed by atoms with Gasteiger partial charge in [0.15, 0.2) is 0 Å². The van der Waals surface area contributed by atoms with Crippen molar-refractivity contribution in [2.75, 3.05) is 10.6 Å². The molecule has 0 aliphatic rings. The highest BCUT2D eigenvalue weighted by Gasteiger charge is 2.11. The minimum Gasteiger partial charge on any atom is -0.363 e. The summed E-state index contributed by atoms with van der Waals surface area (Å²) in [6.07, 6.45) is 3.16. The first-order chi connectivity index (χ1) is 15.0. The molecule has 4 rings (SSSR count). The summed E-state index contributed by atoms with van der Waals surface area (Å²) < 4.78 is 0. The minimum absolute atomic E-state index is 0.0613.